The SMILES string of the molecule is CNCCc1ccccc1-c1nc(CC2CC2)no1. The van der Waals surface area contributed by atoms with Crippen molar-refractivity contribution in [3.8, 4) is 11.5 Å². The van der Waals surface area contributed by atoms with Crippen LogP contribution in [-0.4, -0.2) is 23.7 Å². The molecule has 0 spiro atoms. The van der Waals surface area contributed by atoms with Gasteiger partial charge < -0.3 is 9.84 Å². The van der Waals surface area contributed by atoms with Crippen LogP contribution in [0.15, 0.2) is 28.8 Å². The van der Waals surface area contributed by atoms with Crippen LogP contribution in [0.2, 0.25) is 0 Å². The third kappa shape index (κ3) is 3.01. The van der Waals surface area contributed by atoms with Gasteiger partial charge in [0.1, 0.15) is 0 Å². The molecule has 0 atom stereocenters. The van der Waals surface area contributed by atoms with E-state index in [2.05, 4.69) is 33.7 Å². The predicted molar refractivity (Wildman–Crippen MR) is 73.8 cm³/mol. The van der Waals surface area contributed by atoms with Gasteiger partial charge in [0.25, 0.3) is 5.89 Å². The highest BCUT2D eigenvalue weighted by molar-refractivity contribution is 5.58. The summed E-state index contributed by atoms with van der Waals surface area (Å²) < 4.78 is 5.42. The summed E-state index contributed by atoms with van der Waals surface area (Å²) in [6.07, 6.45) is 4.54. The Balaban J connectivity index is 1.81. The molecular weight excluding hydrogens is 238 g/mol. The summed E-state index contributed by atoms with van der Waals surface area (Å²) in [5, 5.41) is 7.26. The lowest BCUT2D eigenvalue weighted by molar-refractivity contribution is 0.420. The number of likely N-dealkylation sites (N-methyl/N-ethyl adjacent to an activating group) is 1. The summed E-state index contributed by atoms with van der Waals surface area (Å²) >= 11 is 0. The molecule has 0 radical (unpaired) electrons. The van der Waals surface area contributed by atoms with E-state index in [4.69, 9.17) is 4.52 Å². The summed E-state index contributed by atoms with van der Waals surface area (Å²) in [5.74, 6) is 2.29. The van der Waals surface area contributed by atoms with Crippen molar-refractivity contribution in [2.45, 2.75) is 25.7 Å². The Morgan fingerprint density at radius 3 is 2.95 bits per heavy atom. The van der Waals surface area contributed by atoms with E-state index in [0.29, 0.717) is 5.89 Å². The Bertz CT molecular complexity index is 546. The van der Waals surface area contributed by atoms with Gasteiger partial charge in [-0.3, -0.25) is 0 Å². The molecule has 1 aliphatic carbocycles. The van der Waals surface area contributed by atoms with Gasteiger partial charge in [-0.2, -0.15) is 4.98 Å². The van der Waals surface area contributed by atoms with Crippen molar-refractivity contribution < 1.29 is 4.52 Å². The Morgan fingerprint density at radius 1 is 1.32 bits per heavy atom. The molecule has 4 heteroatoms. The minimum atomic E-state index is 0.655. The third-order valence-corrected chi connectivity index (χ3v) is 3.53. The molecule has 0 unspecified atom stereocenters. The number of benzene rings is 1. The first-order valence-corrected chi connectivity index (χ1v) is 6.92. The fourth-order valence-corrected chi connectivity index (χ4v) is 2.23. The number of rotatable bonds is 6. The zero-order chi connectivity index (χ0) is 13.1. The summed E-state index contributed by atoms with van der Waals surface area (Å²) in [4.78, 5) is 4.53. The van der Waals surface area contributed by atoms with Crippen LogP contribution in [-0.2, 0) is 12.8 Å². The van der Waals surface area contributed by atoms with Gasteiger partial charge in [-0.1, -0.05) is 23.4 Å². The van der Waals surface area contributed by atoms with E-state index in [1.54, 1.807) is 0 Å². The van der Waals surface area contributed by atoms with E-state index >= 15 is 0 Å². The second-order valence-electron chi connectivity index (χ2n) is 5.17. The van der Waals surface area contributed by atoms with E-state index in [1.165, 1.54) is 18.4 Å². The lowest BCUT2D eigenvalue weighted by atomic mass is 10.0. The largest absolute Gasteiger partial charge is 0.334 e. The van der Waals surface area contributed by atoms with Crippen molar-refractivity contribution in [3.63, 3.8) is 0 Å². The van der Waals surface area contributed by atoms with Gasteiger partial charge in [0, 0.05) is 12.0 Å². The van der Waals surface area contributed by atoms with Crippen LogP contribution in [0, 0.1) is 5.92 Å². The number of hydrogen-bond acceptors (Lipinski definition) is 4. The van der Waals surface area contributed by atoms with Crippen LogP contribution in [0.3, 0.4) is 0 Å². The maximum absolute atomic E-state index is 5.42. The van der Waals surface area contributed by atoms with Gasteiger partial charge in [-0.25, -0.2) is 0 Å². The second-order valence-corrected chi connectivity index (χ2v) is 5.17. The molecule has 0 aliphatic heterocycles. The fourth-order valence-electron chi connectivity index (χ4n) is 2.23. The first kappa shape index (κ1) is 12.4. The zero-order valence-electron chi connectivity index (χ0n) is 11.2. The molecule has 4 nitrogen and oxygen atoms in total. The lowest BCUT2D eigenvalue weighted by Gasteiger charge is -2.05. The van der Waals surface area contributed by atoms with Crippen LogP contribution in [0.5, 0.6) is 0 Å². The number of aromatic nitrogens is 2. The Morgan fingerprint density at radius 2 is 2.16 bits per heavy atom. The van der Waals surface area contributed by atoms with Gasteiger partial charge in [-0.15, -0.1) is 0 Å². The van der Waals surface area contributed by atoms with Crippen LogP contribution in [0.4, 0.5) is 0 Å². The average molecular weight is 257 g/mol. The molecule has 1 N–H and O–H groups in total. The Hall–Kier alpha value is -1.68. The van der Waals surface area contributed by atoms with E-state index < -0.39 is 0 Å². The molecule has 100 valence electrons. The van der Waals surface area contributed by atoms with Crippen LogP contribution in [0.1, 0.15) is 24.2 Å². The topological polar surface area (TPSA) is 51.0 Å². The smallest absolute Gasteiger partial charge is 0.258 e. The molecule has 0 bridgehead atoms. The van der Waals surface area contributed by atoms with E-state index in [9.17, 15) is 0 Å². The first-order valence-electron chi connectivity index (χ1n) is 6.92. The average Bonchev–Trinajstić information content (AvgIpc) is 3.13. The Labute approximate surface area is 113 Å². The fraction of sp³-hybridized carbons (Fsp3) is 0.467. The molecule has 19 heavy (non-hydrogen) atoms. The van der Waals surface area contributed by atoms with Crippen LogP contribution >= 0.6 is 0 Å². The van der Waals surface area contributed by atoms with Crippen LogP contribution in [0.25, 0.3) is 11.5 Å². The van der Waals surface area contributed by atoms with E-state index in [0.717, 1.165) is 36.7 Å². The minimum absolute atomic E-state index is 0.655. The van der Waals surface area contributed by atoms with Crippen molar-refractivity contribution in [1.29, 1.82) is 0 Å². The monoisotopic (exact) mass is 257 g/mol. The van der Waals surface area contributed by atoms with Crippen molar-refractivity contribution in [1.82, 2.24) is 15.5 Å². The highest BCUT2D eigenvalue weighted by atomic mass is 16.5. The molecule has 0 amide bonds. The molecule has 1 aromatic carbocycles. The van der Waals surface area contributed by atoms with E-state index in [1.807, 2.05) is 13.1 Å². The highest BCUT2D eigenvalue weighted by Crippen LogP contribution is 2.32. The maximum Gasteiger partial charge on any atom is 0.258 e. The number of nitrogens with one attached hydrogen (secondary N) is 1. The van der Waals surface area contributed by atoms with Crippen molar-refractivity contribution in [2.24, 2.45) is 5.92 Å². The quantitative estimate of drug-likeness (QED) is 0.863. The maximum atomic E-state index is 5.42. The lowest BCUT2D eigenvalue weighted by Crippen LogP contribution is -2.10. The van der Waals surface area contributed by atoms with Gasteiger partial charge in [-0.05, 0) is 50.4 Å². The molecule has 3 rings (SSSR count). The zero-order valence-corrected chi connectivity index (χ0v) is 11.2. The molecular formula is C15H19N3O. The number of hydrogen-bond donors (Lipinski definition) is 1. The molecule has 1 saturated carbocycles. The molecule has 1 aliphatic rings. The standard InChI is InChI=1S/C15H19N3O/c1-16-9-8-12-4-2-3-5-13(12)15-17-14(18-19-15)10-11-6-7-11/h2-5,11,16H,6-10H2,1H3. The molecule has 1 heterocycles. The van der Waals surface area contributed by atoms with Crippen LogP contribution < -0.4 is 5.32 Å². The number of nitrogens with zero attached hydrogens (tertiary/aromatic N) is 2. The second kappa shape index (κ2) is 5.53. The van der Waals surface area contributed by atoms with Crippen molar-refractivity contribution >= 4 is 0 Å². The Kier molecular flexibility index (Phi) is 3.60. The van der Waals surface area contributed by atoms with E-state index in [-0.39, 0.29) is 0 Å². The predicted octanol–water partition coefficient (Wildman–Crippen LogP) is 2.45. The molecule has 1 fully saturated rings. The van der Waals surface area contributed by atoms with Crippen molar-refractivity contribution in [2.75, 3.05) is 13.6 Å². The molecule has 1 aromatic heterocycles. The molecule has 2 aromatic rings. The van der Waals surface area contributed by atoms with Crippen molar-refractivity contribution in [3.05, 3.63) is 35.7 Å². The summed E-state index contributed by atoms with van der Waals surface area (Å²) in [7, 11) is 1.96. The van der Waals surface area contributed by atoms with Gasteiger partial charge in [0.15, 0.2) is 5.82 Å². The normalized spacial score (nSPS) is 14.8. The first-order chi connectivity index (χ1) is 9.36. The molecule has 0 saturated heterocycles. The highest BCUT2D eigenvalue weighted by Gasteiger charge is 2.24. The van der Waals surface area contributed by atoms with Gasteiger partial charge >= 0.3 is 0 Å². The third-order valence-electron chi connectivity index (χ3n) is 3.53. The summed E-state index contributed by atoms with van der Waals surface area (Å²) in [6.45, 7) is 0.945. The summed E-state index contributed by atoms with van der Waals surface area (Å²) in [5.41, 5.74) is 2.31. The van der Waals surface area contributed by atoms with Gasteiger partial charge in [0.2, 0.25) is 0 Å². The minimum Gasteiger partial charge on any atom is -0.334 e. The summed E-state index contributed by atoms with van der Waals surface area (Å²) in [6, 6.07) is 8.25. The van der Waals surface area contributed by atoms with Gasteiger partial charge in [0.05, 0.1) is 0 Å².